The highest BCUT2D eigenvalue weighted by Crippen LogP contribution is 2.30. The van der Waals surface area contributed by atoms with Crippen LogP contribution in [0.2, 0.25) is 0 Å². The Hall–Kier alpha value is -0.340. The molecule has 0 unspecified atom stereocenters. The molecule has 2 heteroatoms. The van der Waals surface area contributed by atoms with E-state index >= 15 is 0 Å². The summed E-state index contributed by atoms with van der Waals surface area (Å²) < 4.78 is 0. The Morgan fingerprint density at radius 1 is 1.00 bits per heavy atom. The van der Waals surface area contributed by atoms with Gasteiger partial charge in [-0.25, -0.2) is 0 Å². The Bertz CT molecular complexity index is 353. The zero-order valence-electron chi connectivity index (χ0n) is 11.3. The third-order valence-electron chi connectivity index (χ3n) is 4.47. The Kier molecular flexibility index (Phi) is 4.37. The van der Waals surface area contributed by atoms with Crippen molar-refractivity contribution in [2.24, 2.45) is 0 Å². The Labute approximate surface area is 115 Å². The Balaban J connectivity index is 1.50. The number of fused-ring (bicyclic) bond motifs is 1. The summed E-state index contributed by atoms with van der Waals surface area (Å²) in [4.78, 5) is 3.24. The molecule has 1 nitrogen and oxygen atoms in total. The lowest BCUT2D eigenvalue weighted by Crippen LogP contribution is -2.28. The minimum atomic E-state index is 0.780. The maximum Gasteiger partial charge on any atom is 0.0302 e. The second kappa shape index (κ2) is 6.21. The number of thiophene rings is 1. The van der Waals surface area contributed by atoms with Crippen LogP contribution in [0.5, 0.6) is 0 Å². The molecule has 0 atom stereocenters. The van der Waals surface area contributed by atoms with Crippen molar-refractivity contribution in [1.29, 1.82) is 0 Å². The third-order valence-corrected chi connectivity index (χ3v) is 5.70. The van der Waals surface area contributed by atoms with E-state index in [1.165, 1.54) is 64.2 Å². The molecular weight excluding hydrogens is 238 g/mol. The molecule has 0 saturated heterocycles. The molecule has 2 aliphatic rings. The lowest BCUT2D eigenvalue weighted by Gasteiger charge is -2.20. The molecule has 0 radical (unpaired) electrons. The van der Waals surface area contributed by atoms with E-state index < -0.39 is 0 Å². The number of hydrogen-bond donors (Lipinski definition) is 1. The quantitative estimate of drug-likeness (QED) is 0.850. The second-order valence-electron chi connectivity index (χ2n) is 5.94. The standard InChI is InChI=1S/C16H25NS/c1-2-4-8-14(9-5-3-1)17-12-15-11-13-7-6-10-16(13)18-15/h11,14,17H,1-10,12H2. The summed E-state index contributed by atoms with van der Waals surface area (Å²) in [5, 5.41) is 3.80. The van der Waals surface area contributed by atoms with Crippen LogP contribution < -0.4 is 5.32 Å². The molecule has 1 aromatic heterocycles. The van der Waals surface area contributed by atoms with Crippen LogP contribution in [0, 0.1) is 0 Å². The van der Waals surface area contributed by atoms with Crippen LogP contribution in [0.4, 0.5) is 0 Å². The van der Waals surface area contributed by atoms with Gasteiger partial charge in [0.05, 0.1) is 0 Å². The molecule has 1 saturated carbocycles. The third kappa shape index (κ3) is 3.16. The van der Waals surface area contributed by atoms with Gasteiger partial charge in [0.25, 0.3) is 0 Å². The summed E-state index contributed by atoms with van der Waals surface area (Å²) in [6, 6.07) is 3.24. The van der Waals surface area contributed by atoms with Crippen molar-refractivity contribution in [3.05, 3.63) is 21.4 Å². The molecule has 2 aliphatic carbocycles. The van der Waals surface area contributed by atoms with Gasteiger partial charge in [-0.1, -0.05) is 32.1 Å². The monoisotopic (exact) mass is 263 g/mol. The van der Waals surface area contributed by atoms with Crippen LogP contribution in [0.25, 0.3) is 0 Å². The summed E-state index contributed by atoms with van der Waals surface area (Å²) in [5.41, 5.74) is 1.65. The molecule has 100 valence electrons. The summed E-state index contributed by atoms with van der Waals surface area (Å²) in [5.74, 6) is 0. The summed E-state index contributed by atoms with van der Waals surface area (Å²) in [6.07, 6.45) is 14.1. The topological polar surface area (TPSA) is 12.0 Å². The minimum absolute atomic E-state index is 0.780. The maximum absolute atomic E-state index is 3.80. The largest absolute Gasteiger partial charge is 0.309 e. The fourth-order valence-corrected chi connectivity index (χ4v) is 4.59. The molecule has 1 N–H and O–H groups in total. The number of rotatable bonds is 3. The van der Waals surface area contributed by atoms with Gasteiger partial charge in [0, 0.05) is 22.3 Å². The van der Waals surface area contributed by atoms with Crippen molar-refractivity contribution in [2.75, 3.05) is 0 Å². The van der Waals surface area contributed by atoms with Crippen molar-refractivity contribution in [1.82, 2.24) is 5.32 Å². The molecule has 1 aromatic rings. The first-order valence-corrected chi connectivity index (χ1v) is 8.57. The van der Waals surface area contributed by atoms with Gasteiger partial charge in [0.15, 0.2) is 0 Å². The average Bonchev–Trinajstić information content (AvgIpc) is 2.87. The van der Waals surface area contributed by atoms with Gasteiger partial charge in [-0.2, -0.15) is 0 Å². The molecular formula is C16H25NS. The van der Waals surface area contributed by atoms with Crippen LogP contribution in [-0.2, 0) is 19.4 Å². The molecule has 0 spiro atoms. The van der Waals surface area contributed by atoms with Crippen molar-refractivity contribution in [3.63, 3.8) is 0 Å². The van der Waals surface area contributed by atoms with E-state index in [1.807, 2.05) is 0 Å². The summed E-state index contributed by atoms with van der Waals surface area (Å²) in [6.45, 7) is 1.11. The molecule has 0 bridgehead atoms. The smallest absolute Gasteiger partial charge is 0.0302 e. The van der Waals surface area contributed by atoms with Crippen LogP contribution in [0.15, 0.2) is 6.07 Å². The number of nitrogens with one attached hydrogen (secondary N) is 1. The summed E-state index contributed by atoms with van der Waals surface area (Å²) in [7, 11) is 0. The number of aryl methyl sites for hydroxylation is 2. The fraction of sp³-hybridized carbons (Fsp3) is 0.750. The van der Waals surface area contributed by atoms with Gasteiger partial charge in [0.2, 0.25) is 0 Å². The van der Waals surface area contributed by atoms with Gasteiger partial charge in [-0.15, -0.1) is 11.3 Å². The molecule has 1 fully saturated rings. The van der Waals surface area contributed by atoms with Crippen molar-refractivity contribution in [2.45, 2.75) is 76.8 Å². The first kappa shape index (κ1) is 12.7. The van der Waals surface area contributed by atoms with Crippen molar-refractivity contribution < 1.29 is 0 Å². The van der Waals surface area contributed by atoms with Crippen molar-refractivity contribution in [3.8, 4) is 0 Å². The van der Waals surface area contributed by atoms with E-state index in [1.54, 1.807) is 15.3 Å². The van der Waals surface area contributed by atoms with Gasteiger partial charge in [0.1, 0.15) is 0 Å². The highest BCUT2D eigenvalue weighted by atomic mass is 32.1. The van der Waals surface area contributed by atoms with E-state index in [9.17, 15) is 0 Å². The SMILES string of the molecule is c1c(CNC2CCCCCCC2)sc2c1CCC2. The lowest BCUT2D eigenvalue weighted by molar-refractivity contribution is 0.390. The van der Waals surface area contributed by atoms with E-state index in [4.69, 9.17) is 0 Å². The van der Waals surface area contributed by atoms with Gasteiger partial charge < -0.3 is 5.32 Å². The zero-order valence-corrected chi connectivity index (χ0v) is 12.2. The first-order chi connectivity index (χ1) is 8.92. The molecule has 3 rings (SSSR count). The predicted octanol–water partition coefficient (Wildman–Crippen LogP) is 4.44. The molecule has 18 heavy (non-hydrogen) atoms. The van der Waals surface area contributed by atoms with Gasteiger partial charge >= 0.3 is 0 Å². The van der Waals surface area contributed by atoms with E-state index in [2.05, 4.69) is 22.7 Å². The minimum Gasteiger partial charge on any atom is -0.309 e. The molecule has 0 aliphatic heterocycles. The normalized spacial score (nSPS) is 21.6. The average molecular weight is 263 g/mol. The molecule has 0 aromatic carbocycles. The van der Waals surface area contributed by atoms with Crippen LogP contribution in [-0.4, -0.2) is 6.04 Å². The van der Waals surface area contributed by atoms with Gasteiger partial charge in [-0.05, 0) is 43.7 Å². The Morgan fingerprint density at radius 2 is 1.78 bits per heavy atom. The fourth-order valence-electron chi connectivity index (χ4n) is 3.38. The highest BCUT2D eigenvalue weighted by Gasteiger charge is 2.16. The lowest BCUT2D eigenvalue weighted by atomic mass is 9.97. The molecule has 0 amide bonds. The van der Waals surface area contributed by atoms with E-state index in [0.29, 0.717) is 0 Å². The summed E-state index contributed by atoms with van der Waals surface area (Å²) >= 11 is 2.06. The second-order valence-corrected chi connectivity index (χ2v) is 7.16. The van der Waals surface area contributed by atoms with Crippen LogP contribution in [0.3, 0.4) is 0 Å². The van der Waals surface area contributed by atoms with E-state index in [-0.39, 0.29) is 0 Å². The van der Waals surface area contributed by atoms with Gasteiger partial charge in [-0.3, -0.25) is 0 Å². The molecule has 1 heterocycles. The Morgan fingerprint density at radius 3 is 2.56 bits per heavy atom. The number of hydrogen-bond acceptors (Lipinski definition) is 2. The highest BCUT2D eigenvalue weighted by molar-refractivity contribution is 7.12. The predicted molar refractivity (Wildman–Crippen MR) is 79.3 cm³/mol. The first-order valence-electron chi connectivity index (χ1n) is 7.75. The van der Waals surface area contributed by atoms with Crippen molar-refractivity contribution >= 4 is 11.3 Å². The van der Waals surface area contributed by atoms with Crippen LogP contribution >= 0.6 is 11.3 Å². The maximum atomic E-state index is 3.80. The zero-order chi connectivity index (χ0) is 12.2. The van der Waals surface area contributed by atoms with E-state index in [0.717, 1.165) is 12.6 Å². The van der Waals surface area contributed by atoms with Crippen LogP contribution in [0.1, 0.15) is 66.7 Å².